The molecule has 0 aliphatic carbocycles. The fraction of sp³-hybridized carbons (Fsp3) is 0.143. The average Bonchev–Trinajstić information content (AvgIpc) is 2.72. The summed E-state index contributed by atoms with van der Waals surface area (Å²) in [6.45, 7) is -1.82. The van der Waals surface area contributed by atoms with Gasteiger partial charge in [0.05, 0.1) is 5.69 Å². The van der Waals surface area contributed by atoms with E-state index < -0.39 is 18.7 Å². The number of carbonyl (C=O) groups is 1. The van der Waals surface area contributed by atoms with E-state index in [0.29, 0.717) is 17.4 Å². The van der Waals surface area contributed by atoms with Crippen LogP contribution in [0.25, 0.3) is 0 Å². The maximum absolute atomic E-state index is 12.4. The highest BCUT2D eigenvalue weighted by atomic mass is 19.4. The number of rotatable bonds is 8. The summed E-state index contributed by atoms with van der Waals surface area (Å²) in [4.78, 5) is 16.2. The Morgan fingerprint density at radius 2 is 1.70 bits per heavy atom. The minimum absolute atomic E-state index is 0.0890. The van der Waals surface area contributed by atoms with Crippen LogP contribution in [-0.2, 0) is 4.79 Å². The van der Waals surface area contributed by atoms with Crippen LogP contribution in [0.5, 0.6) is 23.1 Å². The molecule has 0 spiro atoms. The molecule has 0 atom stereocenters. The lowest BCUT2D eigenvalue weighted by molar-refractivity contribution is -0.153. The van der Waals surface area contributed by atoms with Crippen LogP contribution >= 0.6 is 0 Å². The standard InChI is InChI=1S/C21H17F3N2O4/c22-21(23,24)14-29-18-9-2-1-8-17(18)26-19(27)13-28-15-6-5-7-16(12-15)30-20-10-3-4-11-25-20/h1-12H,13-14H2,(H,26,27). The van der Waals surface area contributed by atoms with Crippen LogP contribution in [0.4, 0.5) is 18.9 Å². The van der Waals surface area contributed by atoms with Crippen LogP contribution < -0.4 is 19.5 Å². The molecule has 2 aromatic carbocycles. The maximum Gasteiger partial charge on any atom is 0.422 e. The molecule has 3 rings (SSSR count). The SMILES string of the molecule is O=C(COc1cccc(Oc2ccccn2)c1)Nc1ccccc1OCC(F)(F)F. The fourth-order valence-electron chi connectivity index (χ4n) is 2.35. The molecule has 0 aliphatic heterocycles. The van der Waals surface area contributed by atoms with Crippen molar-refractivity contribution in [3.8, 4) is 23.1 Å². The Balaban J connectivity index is 1.56. The molecule has 0 aliphatic rings. The molecule has 1 amide bonds. The zero-order chi connectivity index (χ0) is 21.4. The first-order valence-electron chi connectivity index (χ1n) is 8.79. The zero-order valence-electron chi connectivity index (χ0n) is 15.6. The normalized spacial score (nSPS) is 10.9. The van der Waals surface area contributed by atoms with Gasteiger partial charge in [-0.3, -0.25) is 4.79 Å². The van der Waals surface area contributed by atoms with Gasteiger partial charge in [0.2, 0.25) is 5.88 Å². The van der Waals surface area contributed by atoms with E-state index in [1.165, 1.54) is 18.2 Å². The molecule has 6 nitrogen and oxygen atoms in total. The average molecular weight is 418 g/mol. The van der Waals surface area contributed by atoms with Crippen LogP contribution in [0.15, 0.2) is 72.9 Å². The summed E-state index contributed by atoms with van der Waals surface area (Å²) in [5.41, 5.74) is 0.114. The molecule has 30 heavy (non-hydrogen) atoms. The quantitative estimate of drug-likeness (QED) is 0.567. The van der Waals surface area contributed by atoms with Gasteiger partial charge in [-0.25, -0.2) is 4.98 Å². The van der Waals surface area contributed by atoms with Crippen LogP contribution in [0.2, 0.25) is 0 Å². The van der Waals surface area contributed by atoms with Crippen molar-refractivity contribution in [2.75, 3.05) is 18.5 Å². The topological polar surface area (TPSA) is 69.7 Å². The van der Waals surface area contributed by atoms with Gasteiger partial charge < -0.3 is 19.5 Å². The van der Waals surface area contributed by atoms with Gasteiger partial charge in [-0.2, -0.15) is 13.2 Å². The van der Waals surface area contributed by atoms with E-state index in [2.05, 4.69) is 10.3 Å². The summed E-state index contributed by atoms with van der Waals surface area (Å²) in [6.07, 6.45) is -2.89. The number of ether oxygens (including phenoxy) is 3. The van der Waals surface area contributed by atoms with Crippen molar-refractivity contribution in [1.29, 1.82) is 0 Å². The Bertz CT molecular complexity index is 981. The Hall–Kier alpha value is -3.75. The number of para-hydroxylation sites is 2. The van der Waals surface area contributed by atoms with Gasteiger partial charge in [0, 0.05) is 18.3 Å². The summed E-state index contributed by atoms with van der Waals surface area (Å²) >= 11 is 0. The summed E-state index contributed by atoms with van der Waals surface area (Å²) in [5.74, 6) is 0.601. The molecule has 0 bridgehead atoms. The molecule has 3 aromatic rings. The van der Waals surface area contributed by atoms with Crippen molar-refractivity contribution >= 4 is 11.6 Å². The Morgan fingerprint density at radius 3 is 2.47 bits per heavy atom. The number of nitrogens with one attached hydrogen (secondary N) is 1. The van der Waals surface area contributed by atoms with Crippen LogP contribution in [0.1, 0.15) is 0 Å². The zero-order valence-corrected chi connectivity index (χ0v) is 15.6. The van der Waals surface area contributed by atoms with E-state index in [1.807, 2.05) is 0 Å². The number of hydrogen-bond donors (Lipinski definition) is 1. The van der Waals surface area contributed by atoms with E-state index >= 15 is 0 Å². The molecular formula is C21H17F3N2O4. The third-order valence-corrected chi connectivity index (χ3v) is 3.59. The number of hydrogen-bond acceptors (Lipinski definition) is 5. The molecule has 0 fully saturated rings. The Kier molecular flexibility index (Phi) is 6.74. The van der Waals surface area contributed by atoms with Crippen molar-refractivity contribution in [2.45, 2.75) is 6.18 Å². The van der Waals surface area contributed by atoms with E-state index in [9.17, 15) is 18.0 Å². The third-order valence-electron chi connectivity index (χ3n) is 3.59. The Morgan fingerprint density at radius 1 is 0.933 bits per heavy atom. The first-order chi connectivity index (χ1) is 14.4. The van der Waals surface area contributed by atoms with Gasteiger partial charge in [0.1, 0.15) is 17.2 Å². The second kappa shape index (κ2) is 9.64. The van der Waals surface area contributed by atoms with Crippen LogP contribution in [0.3, 0.4) is 0 Å². The number of aromatic nitrogens is 1. The molecule has 1 N–H and O–H groups in total. The molecule has 9 heteroatoms. The smallest absolute Gasteiger partial charge is 0.422 e. The summed E-state index contributed by atoms with van der Waals surface area (Å²) in [5, 5.41) is 2.47. The van der Waals surface area contributed by atoms with Crippen molar-refractivity contribution in [3.05, 3.63) is 72.9 Å². The van der Waals surface area contributed by atoms with E-state index in [4.69, 9.17) is 14.2 Å². The van der Waals surface area contributed by atoms with E-state index in [-0.39, 0.29) is 18.0 Å². The molecule has 0 radical (unpaired) electrons. The fourth-order valence-corrected chi connectivity index (χ4v) is 2.35. The first-order valence-corrected chi connectivity index (χ1v) is 8.79. The van der Waals surface area contributed by atoms with Gasteiger partial charge in [0.15, 0.2) is 13.2 Å². The second-order valence-corrected chi connectivity index (χ2v) is 5.98. The summed E-state index contributed by atoms with van der Waals surface area (Å²) < 4.78 is 52.9. The number of anilines is 1. The largest absolute Gasteiger partial charge is 0.484 e. The predicted octanol–water partition coefficient (Wildman–Crippen LogP) is 4.83. The number of nitrogens with zero attached hydrogens (tertiary/aromatic N) is 1. The lowest BCUT2D eigenvalue weighted by Crippen LogP contribution is -2.22. The number of amides is 1. The van der Waals surface area contributed by atoms with Gasteiger partial charge in [0.25, 0.3) is 5.91 Å². The minimum atomic E-state index is -4.48. The number of alkyl halides is 3. The Labute approximate surface area is 170 Å². The molecule has 0 saturated heterocycles. The lowest BCUT2D eigenvalue weighted by atomic mass is 10.3. The van der Waals surface area contributed by atoms with Crippen LogP contribution in [0, 0.1) is 0 Å². The number of benzene rings is 2. The molecule has 156 valence electrons. The number of carbonyl (C=O) groups excluding carboxylic acids is 1. The van der Waals surface area contributed by atoms with E-state index in [1.54, 1.807) is 54.7 Å². The molecular weight excluding hydrogens is 401 g/mol. The molecule has 1 heterocycles. The third kappa shape index (κ3) is 6.69. The molecule has 0 unspecified atom stereocenters. The highest BCUT2D eigenvalue weighted by Gasteiger charge is 2.28. The van der Waals surface area contributed by atoms with Crippen LogP contribution in [-0.4, -0.2) is 30.3 Å². The van der Waals surface area contributed by atoms with Gasteiger partial charge >= 0.3 is 6.18 Å². The lowest BCUT2D eigenvalue weighted by Gasteiger charge is -2.14. The predicted molar refractivity (Wildman–Crippen MR) is 103 cm³/mol. The number of pyridine rings is 1. The molecule has 1 aromatic heterocycles. The van der Waals surface area contributed by atoms with Gasteiger partial charge in [-0.15, -0.1) is 0 Å². The summed E-state index contributed by atoms with van der Waals surface area (Å²) in [6, 6.07) is 17.7. The maximum atomic E-state index is 12.4. The van der Waals surface area contributed by atoms with Crippen molar-refractivity contribution < 1.29 is 32.2 Å². The van der Waals surface area contributed by atoms with E-state index in [0.717, 1.165) is 0 Å². The second-order valence-electron chi connectivity index (χ2n) is 5.98. The van der Waals surface area contributed by atoms with Crippen molar-refractivity contribution in [2.24, 2.45) is 0 Å². The van der Waals surface area contributed by atoms with Gasteiger partial charge in [-0.05, 0) is 30.3 Å². The van der Waals surface area contributed by atoms with Crippen molar-refractivity contribution in [3.63, 3.8) is 0 Å². The highest BCUT2D eigenvalue weighted by molar-refractivity contribution is 5.93. The minimum Gasteiger partial charge on any atom is -0.484 e. The molecule has 0 saturated carbocycles. The van der Waals surface area contributed by atoms with Crippen molar-refractivity contribution in [1.82, 2.24) is 4.98 Å². The first kappa shape index (κ1) is 21.0. The summed E-state index contributed by atoms with van der Waals surface area (Å²) in [7, 11) is 0. The highest BCUT2D eigenvalue weighted by Crippen LogP contribution is 2.27. The monoisotopic (exact) mass is 418 g/mol. The van der Waals surface area contributed by atoms with Gasteiger partial charge in [-0.1, -0.05) is 24.3 Å². The number of halogens is 3.